The third kappa shape index (κ3) is 4.58. The molecule has 1 amide bonds. The average molecular weight is 381 g/mol. The van der Waals surface area contributed by atoms with Crippen LogP contribution in [-0.2, 0) is 17.6 Å². The molecule has 0 fully saturated rings. The lowest BCUT2D eigenvalue weighted by Crippen LogP contribution is -2.39. The molecule has 0 saturated heterocycles. The van der Waals surface area contributed by atoms with Crippen LogP contribution in [0.15, 0.2) is 57.7 Å². The topological polar surface area (TPSA) is 99.8 Å². The molecule has 146 valence electrons. The van der Waals surface area contributed by atoms with Crippen molar-refractivity contribution in [2.45, 2.75) is 32.2 Å². The van der Waals surface area contributed by atoms with Crippen LogP contribution < -0.4 is 10.9 Å². The minimum Gasteiger partial charge on any atom is -0.508 e. The van der Waals surface area contributed by atoms with E-state index in [1.807, 2.05) is 30.3 Å². The number of carbonyl (C=O) groups is 1. The van der Waals surface area contributed by atoms with Gasteiger partial charge in [0, 0.05) is 23.4 Å². The van der Waals surface area contributed by atoms with E-state index in [0.717, 1.165) is 16.5 Å². The summed E-state index contributed by atoms with van der Waals surface area (Å²) < 4.78 is 5.28. The molecule has 28 heavy (non-hydrogen) atoms. The van der Waals surface area contributed by atoms with E-state index in [0.29, 0.717) is 17.6 Å². The SMILES string of the molecule is Cc1c(CCC(=O)N[C@@H](CO)Cc2ccccc2)c(=O)oc2cc(O)ccc12. The molecule has 1 atom stereocenters. The quantitative estimate of drug-likeness (QED) is 0.546. The van der Waals surface area contributed by atoms with Gasteiger partial charge in [-0.1, -0.05) is 30.3 Å². The van der Waals surface area contributed by atoms with Crippen LogP contribution in [0.1, 0.15) is 23.1 Å². The lowest BCUT2D eigenvalue weighted by molar-refractivity contribution is -0.122. The van der Waals surface area contributed by atoms with Gasteiger partial charge in [0.25, 0.3) is 0 Å². The molecule has 6 nitrogen and oxygen atoms in total. The molecule has 0 unspecified atom stereocenters. The van der Waals surface area contributed by atoms with Crippen molar-refractivity contribution in [1.82, 2.24) is 5.32 Å². The summed E-state index contributed by atoms with van der Waals surface area (Å²) in [6, 6.07) is 13.8. The molecule has 3 rings (SSSR count). The molecule has 3 N–H and O–H groups in total. The number of aryl methyl sites for hydroxylation is 1. The van der Waals surface area contributed by atoms with Crippen molar-refractivity contribution in [2.24, 2.45) is 0 Å². The highest BCUT2D eigenvalue weighted by Gasteiger charge is 2.16. The van der Waals surface area contributed by atoms with Gasteiger partial charge in [-0.25, -0.2) is 4.79 Å². The fourth-order valence-electron chi connectivity index (χ4n) is 3.27. The van der Waals surface area contributed by atoms with E-state index in [1.165, 1.54) is 12.1 Å². The normalized spacial score (nSPS) is 12.1. The molecule has 6 heteroatoms. The first-order valence-corrected chi connectivity index (χ1v) is 9.17. The fourth-order valence-corrected chi connectivity index (χ4v) is 3.27. The summed E-state index contributed by atoms with van der Waals surface area (Å²) in [6.45, 7) is 1.64. The molecule has 0 saturated carbocycles. The largest absolute Gasteiger partial charge is 0.508 e. The van der Waals surface area contributed by atoms with E-state index in [4.69, 9.17) is 4.42 Å². The Morgan fingerprint density at radius 3 is 2.64 bits per heavy atom. The Morgan fingerprint density at radius 2 is 1.93 bits per heavy atom. The van der Waals surface area contributed by atoms with Crippen molar-refractivity contribution >= 4 is 16.9 Å². The second kappa shape index (κ2) is 8.71. The van der Waals surface area contributed by atoms with Crippen LogP contribution in [0.2, 0.25) is 0 Å². The van der Waals surface area contributed by atoms with Gasteiger partial charge in [0.1, 0.15) is 11.3 Å². The van der Waals surface area contributed by atoms with Crippen LogP contribution in [0.25, 0.3) is 11.0 Å². The summed E-state index contributed by atoms with van der Waals surface area (Å²) >= 11 is 0. The molecule has 0 bridgehead atoms. The molecule has 0 aliphatic rings. The number of aliphatic hydroxyl groups is 1. The van der Waals surface area contributed by atoms with Gasteiger partial charge in [0.2, 0.25) is 5.91 Å². The van der Waals surface area contributed by atoms with Crippen molar-refractivity contribution in [3.8, 4) is 5.75 Å². The third-order valence-electron chi connectivity index (χ3n) is 4.78. The van der Waals surface area contributed by atoms with Crippen molar-refractivity contribution in [1.29, 1.82) is 0 Å². The predicted molar refractivity (Wildman–Crippen MR) is 106 cm³/mol. The second-order valence-electron chi connectivity index (χ2n) is 6.81. The summed E-state index contributed by atoms with van der Waals surface area (Å²) in [7, 11) is 0. The van der Waals surface area contributed by atoms with Gasteiger partial charge in [-0.15, -0.1) is 0 Å². The molecule has 0 aliphatic carbocycles. The lowest BCUT2D eigenvalue weighted by Gasteiger charge is -2.16. The van der Waals surface area contributed by atoms with Gasteiger partial charge in [0.05, 0.1) is 12.6 Å². The maximum atomic E-state index is 12.3. The Labute approximate surface area is 162 Å². The van der Waals surface area contributed by atoms with E-state index >= 15 is 0 Å². The van der Waals surface area contributed by atoms with Crippen LogP contribution in [0, 0.1) is 6.92 Å². The highest BCUT2D eigenvalue weighted by molar-refractivity contribution is 5.82. The van der Waals surface area contributed by atoms with Gasteiger partial charge in [-0.3, -0.25) is 4.79 Å². The number of phenolic OH excluding ortho intramolecular Hbond substituents is 1. The summed E-state index contributed by atoms with van der Waals surface area (Å²) in [5.41, 5.74) is 2.01. The summed E-state index contributed by atoms with van der Waals surface area (Å²) in [5.74, 6) is -0.213. The number of benzene rings is 2. The minimum atomic E-state index is -0.508. The molecule has 0 spiro atoms. The number of fused-ring (bicyclic) bond motifs is 1. The van der Waals surface area contributed by atoms with E-state index < -0.39 is 5.63 Å². The van der Waals surface area contributed by atoms with Crippen molar-refractivity contribution in [3.63, 3.8) is 0 Å². The Balaban J connectivity index is 1.67. The lowest BCUT2D eigenvalue weighted by atomic mass is 10.0. The van der Waals surface area contributed by atoms with Crippen molar-refractivity contribution in [3.05, 3.63) is 75.6 Å². The number of hydrogen-bond acceptors (Lipinski definition) is 5. The Morgan fingerprint density at radius 1 is 1.18 bits per heavy atom. The molecule has 0 radical (unpaired) electrons. The maximum absolute atomic E-state index is 12.3. The minimum absolute atomic E-state index is 0.0237. The van der Waals surface area contributed by atoms with Crippen LogP contribution in [-0.4, -0.2) is 28.8 Å². The second-order valence-corrected chi connectivity index (χ2v) is 6.81. The van der Waals surface area contributed by atoms with Gasteiger partial charge >= 0.3 is 5.63 Å². The summed E-state index contributed by atoms with van der Waals surface area (Å²) in [5, 5.41) is 22.6. The zero-order chi connectivity index (χ0) is 20.1. The molecule has 3 aromatic rings. The van der Waals surface area contributed by atoms with E-state index in [9.17, 15) is 19.8 Å². The van der Waals surface area contributed by atoms with Crippen LogP contribution in [0.5, 0.6) is 5.75 Å². The molecule has 1 aromatic heterocycles. The highest BCUT2D eigenvalue weighted by atomic mass is 16.4. The summed E-state index contributed by atoms with van der Waals surface area (Å²) in [6.07, 6.45) is 0.879. The summed E-state index contributed by atoms with van der Waals surface area (Å²) in [4.78, 5) is 24.6. The first-order valence-electron chi connectivity index (χ1n) is 9.17. The predicted octanol–water partition coefficient (Wildman–Crippen LogP) is 2.46. The van der Waals surface area contributed by atoms with E-state index in [1.54, 1.807) is 13.0 Å². The number of hydrogen-bond donors (Lipinski definition) is 3. The average Bonchev–Trinajstić information content (AvgIpc) is 2.67. The van der Waals surface area contributed by atoms with Gasteiger partial charge < -0.3 is 19.9 Å². The van der Waals surface area contributed by atoms with Crippen LogP contribution in [0.4, 0.5) is 0 Å². The third-order valence-corrected chi connectivity index (χ3v) is 4.78. The molecule has 2 aromatic carbocycles. The molecule has 1 heterocycles. The number of aliphatic hydroxyl groups excluding tert-OH is 1. The van der Waals surface area contributed by atoms with E-state index in [-0.39, 0.29) is 37.1 Å². The van der Waals surface area contributed by atoms with Gasteiger partial charge in [-0.2, -0.15) is 0 Å². The van der Waals surface area contributed by atoms with E-state index in [2.05, 4.69) is 5.32 Å². The fraction of sp³-hybridized carbons (Fsp3) is 0.273. The number of rotatable bonds is 7. The van der Waals surface area contributed by atoms with Crippen LogP contribution in [0.3, 0.4) is 0 Å². The number of nitrogens with one attached hydrogen (secondary N) is 1. The van der Waals surface area contributed by atoms with Gasteiger partial charge in [0.15, 0.2) is 0 Å². The van der Waals surface area contributed by atoms with Crippen molar-refractivity contribution < 1.29 is 19.4 Å². The smallest absolute Gasteiger partial charge is 0.339 e. The number of phenols is 1. The number of carbonyl (C=O) groups excluding carboxylic acids is 1. The molecular weight excluding hydrogens is 358 g/mol. The zero-order valence-electron chi connectivity index (χ0n) is 15.6. The van der Waals surface area contributed by atoms with Crippen LogP contribution >= 0.6 is 0 Å². The monoisotopic (exact) mass is 381 g/mol. The zero-order valence-corrected chi connectivity index (χ0v) is 15.6. The Hall–Kier alpha value is -3.12. The number of amides is 1. The standard InChI is InChI=1S/C22H23NO5/c1-14-18-8-7-17(25)12-20(18)28-22(27)19(14)9-10-21(26)23-16(13-24)11-15-5-3-2-4-6-15/h2-8,12,16,24-25H,9-11,13H2,1H3,(H,23,26)/t16-/m1/s1. The molecule has 0 aliphatic heterocycles. The van der Waals surface area contributed by atoms with Crippen molar-refractivity contribution in [2.75, 3.05) is 6.61 Å². The highest BCUT2D eigenvalue weighted by Crippen LogP contribution is 2.23. The first kappa shape index (κ1) is 19.6. The Bertz CT molecular complexity index is 1030. The number of aromatic hydroxyl groups is 1. The molecular formula is C22H23NO5. The maximum Gasteiger partial charge on any atom is 0.339 e. The first-order chi connectivity index (χ1) is 13.5. The Kier molecular flexibility index (Phi) is 6.11. The van der Waals surface area contributed by atoms with Gasteiger partial charge in [-0.05, 0) is 43.0 Å².